The van der Waals surface area contributed by atoms with Gasteiger partial charge in [-0.25, -0.2) is 0 Å². The first-order valence-electron chi connectivity index (χ1n) is 8.98. The monoisotopic (exact) mass is 350 g/mol. The van der Waals surface area contributed by atoms with Crippen molar-refractivity contribution in [1.29, 1.82) is 0 Å². The van der Waals surface area contributed by atoms with Crippen molar-refractivity contribution >= 4 is 11.6 Å². The Kier molecular flexibility index (Phi) is 4.71. The second kappa shape index (κ2) is 7.30. The SMILES string of the molecule is C[C@@H]1CN(C(=O)C2=NO[C@@H](c3ccccc3)C2)C[C@@H](c2ccccc2)O1. The van der Waals surface area contributed by atoms with Crippen molar-refractivity contribution in [2.45, 2.75) is 31.7 Å². The van der Waals surface area contributed by atoms with Gasteiger partial charge in [-0.15, -0.1) is 0 Å². The Morgan fingerprint density at radius 1 is 0.962 bits per heavy atom. The van der Waals surface area contributed by atoms with E-state index < -0.39 is 0 Å². The molecule has 0 aromatic heterocycles. The van der Waals surface area contributed by atoms with Crippen LogP contribution in [0.5, 0.6) is 0 Å². The van der Waals surface area contributed by atoms with Crippen LogP contribution in [0.2, 0.25) is 0 Å². The maximum Gasteiger partial charge on any atom is 0.272 e. The zero-order chi connectivity index (χ0) is 17.9. The van der Waals surface area contributed by atoms with Crippen LogP contribution in [0.3, 0.4) is 0 Å². The van der Waals surface area contributed by atoms with Gasteiger partial charge in [0.25, 0.3) is 5.91 Å². The third-order valence-electron chi connectivity index (χ3n) is 4.81. The summed E-state index contributed by atoms with van der Waals surface area (Å²) in [7, 11) is 0. The van der Waals surface area contributed by atoms with Gasteiger partial charge in [-0.2, -0.15) is 0 Å². The van der Waals surface area contributed by atoms with Gasteiger partial charge in [0.15, 0.2) is 6.10 Å². The second-order valence-electron chi connectivity index (χ2n) is 6.80. The molecule has 0 unspecified atom stereocenters. The third kappa shape index (κ3) is 3.48. The zero-order valence-corrected chi connectivity index (χ0v) is 14.7. The molecule has 0 saturated carbocycles. The number of benzene rings is 2. The van der Waals surface area contributed by atoms with Crippen molar-refractivity contribution in [2.24, 2.45) is 5.16 Å². The first-order valence-corrected chi connectivity index (χ1v) is 8.98. The number of oxime groups is 1. The van der Waals surface area contributed by atoms with E-state index in [9.17, 15) is 4.79 Å². The van der Waals surface area contributed by atoms with E-state index in [-0.39, 0.29) is 24.2 Å². The van der Waals surface area contributed by atoms with E-state index in [0.29, 0.717) is 25.2 Å². The molecule has 4 rings (SSSR count). The smallest absolute Gasteiger partial charge is 0.272 e. The summed E-state index contributed by atoms with van der Waals surface area (Å²) in [6.07, 6.45) is 0.186. The minimum Gasteiger partial charge on any atom is -0.387 e. The highest BCUT2D eigenvalue weighted by Crippen LogP contribution is 2.29. The van der Waals surface area contributed by atoms with Crippen molar-refractivity contribution in [3.05, 3.63) is 71.8 Å². The predicted molar refractivity (Wildman–Crippen MR) is 98.6 cm³/mol. The molecular formula is C21H22N2O3. The van der Waals surface area contributed by atoms with E-state index in [4.69, 9.17) is 9.57 Å². The highest BCUT2D eigenvalue weighted by atomic mass is 16.6. The molecule has 0 spiro atoms. The van der Waals surface area contributed by atoms with Crippen LogP contribution in [0.15, 0.2) is 65.8 Å². The summed E-state index contributed by atoms with van der Waals surface area (Å²) in [4.78, 5) is 20.3. The Labute approximate surface area is 153 Å². The van der Waals surface area contributed by atoms with E-state index in [1.54, 1.807) is 0 Å². The van der Waals surface area contributed by atoms with Crippen LogP contribution in [0, 0.1) is 0 Å². The number of carbonyl (C=O) groups is 1. The molecule has 0 aliphatic carbocycles. The quantitative estimate of drug-likeness (QED) is 0.851. The van der Waals surface area contributed by atoms with E-state index in [2.05, 4.69) is 5.16 Å². The Hall–Kier alpha value is -2.66. The van der Waals surface area contributed by atoms with Crippen molar-refractivity contribution in [1.82, 2.24) is 4.90 Å². The summed E-state index contributed by atoms with van der Waals surface area (Å²) < 4.78 is 6.04. The van der Waals surface area contributed by atoms with Crippen LogP contribution in [0.1, 0.15) is 36.7 Å². The summed E-state index contributed by atoms with van der Waals surface area (Å²) in [5, 5.41) is 4.08. The fourth-order valence-electron chi connectivity index (χ4n) is 3.50. The minimum atomic E-state index is -0.182. The summed E-state index contributed by atoms with van der Waals surface area (Å²) in [6, 6.07) is 19.9. The number of nitrogens with zero attached hydrogens (tertiary/aromatic N) is 2. The number of amides is 1. The Morgan fingerprint density at radius 3 is 2.23 bits per heavy atom. The normalized spacial score (nSPS) is 25.5. The van der Waals surface area contributed by atoms with Crippen molar-refractivity contribution in [2.75, 3.05) is 13.1 Å². The lowest BCUT2D eigenvalue weighted by molar-refractivity contribution is -0.138. The minimum absolute atomic E-state index is 0.0225. The van der Waals surface area contributed by atoms with Gasteiger partial charge in [-0.05, 0) is 18.1 Å². The van der Waals surface area contributed by atoms with Crippen LogP contribution in [0.25, 0.3) is 0 Å². The van der Waals surface area contributed by atoms with Crippen LogP contribution in [-0.2, 0) is 14.4 Å². The largest absolute Gasteiger partial charge is 0.387 e. The Morgan fingerprint density at radius 2 is 1.58 bits per heavy atom. The first kappa shape index (κ1) is 16.8. The average Bonchev–Trinajstić information content (AvgIpc) is 3.18. The van der Waals surface area contributed by atoms with Gasteiger partial charge >= 0.3 is 0 Å². The maximum absolute atomic E-state index is 13.0. The summed E-state index contributed by atoms with van der Waals surface area (Å²) >= 11 is 0. The van der Waals surface area contributed by atoms with Gasteiger partial charge in [0, 0.05) is 13.0 Å². The zero-order valence-electron chi connectivity index (χ0n) is 14.7. The molecular weight excluding hydrogens is 328 g/mol. The van der Waals surface area contributed by atoms with Crippen LogP contribution < -0.4 is 0 Å². The Bertz CT molecular complexity index is 791. The highest BCUT2D eigenvalue weighted by molar-refractivity contribution is 6.39. The molecule has 5 nitrogen and oxygen atoms in total. The van der Waals surface area contributed by atoms with Crippen LogP contribution in [0.4, 0.5) is 0 Å². The van der Waals surface area contributed by atoms with Gasteiger partial charge in [0.2, 0.25) is 0 Å². The molecule has 0 radical (unpaired) electrons. The molecule has 2 aliphatic rings. The second-order valence-corrected chi connectivity index (χ2v) is 6.80. The molecule has 2 heterocycles. The van der Waals surface area contributed by atoms with E-state index in [0.717, 1.165) is 11.1 Å². The molecule has 5 heteroatoms. The van der Waals surface area contributed by atoms with Gasteiger partial charge in [-0.3, -0.25) is 4.79 Å². The molecule has 1 amide bonds. The Balaban J connectivity index is 1.44. The van der Waals surface area contributed by atoms with Gasteiger partial charge in [-0.1, -0.05) is 65.8 Å². The molecule has 0 bridgehead atoms. The van der Waals surface area contributed by atoms with Gasteiger partial charge < -0.3 is 14.5 Å². The lowest BCUT2D eigenvalue weighted by atomic mass is 10.0. The summed E-state index contributed by atoms with van der Waals surface area (Å²) in [5.41, 5.74) is 2.61. The number of ether oxygens (including phenoxy) is 1. The lowest BCUT2D eigenvalue weighted by Crippen LogP contribution is -2.48. The molecule has 2 aromatic rings. The van der Waals surface area contributed by atoms with Crippen molar-refractivity contribution < 1.29 is 14.4 Å². The molecule has 1 fully saturated rings. The van der Waals surface area contributed by atoms with Crippen LogP contribution in [-0.4, -0.2) is 35.7 Å². The number of rotatable bonds is 3. The molecule has 1 saturated heterocycles. The van der Waals surface area contributed by atoms with Gasteiger partial charge in [0.1, 0.15) is 11.8 Å². The topological polar surface area (TPSA) is 51.1 Å². The highest BCUT2D eigenvalue weighted by Gasteiger charge is 2.35. The number of hydrogen-bond acceptors (Lipinski definition) is 4. The molecule has 26 heavy (non-hydrogen) atoms. The molecule has 3 atom stereocenters. The lowest BCUT2D eigenvalue weighted by Gasteiger charge is -2.36. The van der Waals surface area contributed by atoms with Crippen molar-refractivity contribution in [3.8, 4) is 0 Å². The standard InChI is InChI=1S/C21H22N2O3/c1-15-13-23(14-20(25-15)17-10-6-3-7-11-17)21(24)18-12-19(26-22-18)16-8-4-2-5-9-16/h2-11,15,19-20H,12-14H2,1H3/t15-,19-,20+/m1/s1. The summed E-state index contributed by atoms with van der Waals surface area (Å²) in [6.45, 7) is 3.09. The molecule has 2 aromatic carbocycles. The fraction of sp³-hybridized carbons (Fsp3) is 0.333. The molecule has 2 aliphatic heterocycles. The number of morpholine rings is 1. The number of carbonyl (C=O) groups excluding carboxylic acids is 1. The predicted octanol–water partition coefficient (Wildman–Crippen LogP) is 3.49. The maximum atomic E-state index is 13.0. The van der Waals surface area contributed by atoms with Crippen LogP contribution >= 0.6 is 0 Å². The van der Waals surface area contributed by atoms with E-state index >= 15 is 0 Å². The van der Waals surface area contributed by atoms with E-state index in [1.165, 1.54) is 0 Å². The van der Waals surface area contributed by atoms with Crippen molar-refractivity contribution in [3.63, 3.8) is 0 Å². The first-order chi connectivity index (χ1) is 12.7. The van der Waals surface area contributed by atoms with Gasteiger partial charge in [0.05, 0.1) is 12.6 Å². The summed E-state index contributed by atoms with van der Waals surface area (Å²) in [5.74, 6) is -0.0560. The third-order valence-corrected chi connectivity index (χ3v) is 4.81. The van der Waals surface area contributed by atoms with E-state index in [1.807, 2.05) is 72.5 Å². The average molecular weight is 350 g/mol. The molecule has 134 valence electrons. The number of hydrogen-bond donors (Lipinski definition) is 0. The fourth-order valence-corrected chi connectivity index (χ4v) is 3.50. The molecule has 0 N–H and O–H groups in total.